The Morgan fingerprint density at radius 2 is 2.10 bits per heavy atom. The third kappa shape index (κ3) is 6.44. The zero-order valence-corrected chi connectivity index (χ0v) is 16.2. The molecule has 0 spiro atoms. The number of carbonyl (C=O) groups excluding carboxylic acids is 1. The summed E-state index contributed by atoms with van der Waals surface area (Å²) in [5.74, 6) is -0.0240. The second kappa shape index (κ2) is 10.2. The van der Waals surface area contributed by atoms with Gasteiger partial charge in [0.1, 0.15) is 18.1 Å². The highest BCUT2D eigenvalue weighted by atomic mass is 35.5. The second-order valence-electron chi connectivity index (χ2n) is 6.33. The van der Waals surface area contributed by atoms with E-state index in [1.807, 2.05) is 0 Å². The molecule has 2 aromatic rings. The minimum Gasteiger partial charge on any atom is -0.489 e. The molecule has 1 unspecified atom stereocenters. The molecule has 1 amide bonds. The van der Waals surface area contributed by atoms with Gasteiger partial charge >= 0.3 is 6.61 Å². The van der Waals surface area contributed by atoms with Crippen LogP contribution in [-0.2, 0) is 9.53 Å². The number of amides is 1. The quantitative estimate of drug-likeness (QED) is 0.596. The Balaban J connectivity index is 1.67. The molecule has 0 aliphatic carbocycles. The van der Waals surface area contributed by atoms with Crippen LogP contribution in [0.3, 0.4) is 0 Å². The standard InChI is InChI=1S/C21H20ClF2NO4/c22-15-8-9-19(28-13-16-5-3-11-27-16)17(12-15)25-20(26)10-7-14-4-1-2-6-18(14)29-21(23)24/h1-2,4,6-10,12,16,21H,3,5,11,13H2,(H,25,26)/b10-7+. The predicted octanol–water partition coefficient (Wildman–Crippen LogP) is 5.15. The number of carbonyl (C=O) groups is 1. The summed E-state index contributed by atoms with van der Waals surface area (Å²) in [6.07, 6.45) is 4.57. The van der Waals surface area contributed by atoms with Crippen molar-refractivity contribution in [1.29, 1.82) is 0 Å². The van der Waals surface area contributed by atoms with E-state index >= 15 is 0 Å². The van der Waals surface area contributed by atoms with Crippen LogP contribution in [0, 0.1) is 0 Å². The summed E-state index contributed by atoms with van der Waals surface area (Å²) in [5, 5.41) is 3.13. The lowest BCUT2D eigenvalue weighted by Crippen LogP contribution is -2.17. The number of rotatable bonds is 8. The SMILES string of the molecule is O=C(/C=C/c1ccccc1OC(F)F)Nc1cc(Cl)ccc1OCC1CCCO1. The van der Waals surface area contributed by atoms with Crippen LogP contribution in [-0.4, -0.2) is 31.8 Å². The van der Waals surface area contributed by atoms with Crippen molar-refractivity contribution < 1.29 is 27.8 Å². The molecule has 0 radical (unpaired) electrons. The third-order valence-corrected chi connectivity index (χ3v) is 4.43. The smallest absolute Gasteiger partial charge is 0.387 e. The minimum absolute atomic E-state index is 0.0186. The summed E-state index contributed by atoms with van der Waals surface area (Å²) in [6.45, 7) is -1.85. The van der Waals surface area contributed by atoms with Crippen LogP contribution >= 0.6 is 11.6 Å². The Kier molecular flexibility index (Phi) is 7.43. The highest BCUT2D eigenvalue weighted by molar-refractivity contribution is 6.31. The lowest BCUT2D eigenvalue weighted by molar-refractivity contribution is -0.111. The number of alkyl halides is 2. The number of hydrogen-bond donors (Lipinski definition) is 1. The van der Waals surface area contributed by atoms with Gasteiger partial charge in [-0.25, -0.2) is 0 Å². The van der Waals surface area contributed by atoms with Crippen LogP contribution in [0.4, 0.5) is 14.5 Å². The van der Waals surface area contributed by atoms with Crippen molar-refractivity contribution >= 4 is 29.3 Å². The normalized spacial score (nSPS) is 16.3. The van der Waals surface area contributed by atoms with Gasteiger partial charge in [-0.05, 0) is 43.2 Å². The number of nitrogens with one attached hydrogen (secondary N) is 1. The van der Waals surface area contributed by atoms with E-state index in [0.29, 0.717) is 28.6 Å². The van der Waals surface area contributed by atoms with E-state index in [2.05, 4.69) is 10.1 Å². The van der Waals surface area contributed by atoms with Crippen molar-refractivity contribution in [3.8, 4) is 11.5 Å². The molecule has 154 valence electrons. The first-order valence-electron chi connectivity index (χ1n) is 9.08. The van der Waals surface area contributed by atoms with Crippen LogP contribution in [0.2, 0.25) is 5.02 Å². The maximum Gasteiger partial charge on any atom is 0.387 e. The number of halogens is 3. The van der Waals surface area contributed by atoms with Crippen LogP contribution < -0.4 is 14.8 Å². The highest BCUT2D eigenvalue weighted by Gasteiger charge is 2.17. The summed E-state index contributed by atoms with van der Waals surface area (Å²) in [6, 6.07) is 11.1. The number of ether oxygens (including phenoxy) is 3. The maximum absolute atomic E-state index is 12.5. The molecule has 8 heteroatoms. The molecule has 1 N–H and O–H groups in total. The molecule has 0 aromatic heterocycles. The van der Waals surface area contributed by atoms with Crippen LogP contribution in [0.25, 0.3) is 6.08 Å². The van der Waals surface area contributed by atoms with Gasteiger partial charge in [0.2, 0.25) is 5.91 Å². The number of benzene rings is 2. The fraction of sp³-hybridized carbons (Fsp3) is 0.286. The summed E-state index contributed by atoms with van der Waals surface area (Å²) in [5.41, 5.74) is 0.756. The van der Waals surface area contributed by atoms with E-state index < -0.39 is 12.5 Å². The van der Waals surface area contributed by atoms with Crippen LogP contribution in [0.5, 0.6) is 11.5 Å². The Morgan fingerprint density at radius 3 is 2.86 bits per heavy atom. The van der Waals surface area contributed by atoms with Gasteiger partial charge < -0.3 is 19.5 Å². The van der Waals surface area contributed by atoms with Crippen molar-refractivity contribution in [2.24, 2.45) is 0 Å². The maximum atomic E-state index is 12.5. The summed E-state index contributed by atoms with van der Waals surface area (Å²) in [4.78, 5) is 12.3. The largest absolute Gasteiger partial charge is 0.489 e. The summed E-state index contributed by atoms with van der Waals surface area (Å²) >= 11 is 6.03. The molecule has 1 aliphatic rings. The molecular formula is C21H20ClF2NO4. The molecule has 1 heterocycles. The molecule has 1 atom stereocenters. The zero-order chi connectivity index (χ0) is 20.6. The monoisotopic (exact) mass is 423 g/mol. The van der Waals surface area contributed by atoms with Gasteiger partial charge in [-0.2, -0.15) is 8.78 Å². The summed E-state index contributed by atoms with van der Waals surface area (Å²) < 4.78 is 40.7. The van der Waals surface area contributed by atoms with Crippen molar-refractivity contribution in [2.75, 3.05) is 18.5 Å². The Bertz CT molecular complexity index is 870. The van der Waals surface area contributed by atoms with Gasteiger partial charge in [0.05, 0.1) is 11.8 Å². The molecule has 1 fully saturated rings. The molecular weight excluding hydrogens is 404 g/mol. The molecule has 0 saturated carbocycles. The van der Waals surface area contributed by atoms with E-state index in [4.69, 9.17) is 21.1 Å². The third-order valence-electron chi connectivity index (χ3n) is 4.20. The van der Waals surface area contributed by atoms with Crippen molar-refractivity contribution in [3.63, 3.8) is 0 Å². The second-order valence-corrected chi connectivity index (χ2v) is 6.76. The van der Waals surface area contributed by atoms with Crippen LogP contribution in [0.15, 0.2) is 48.5 Å². The lowest BCUT2D eigenvalue weighted by atomic mass is 10.2. The van der Waals surface area contributed by atoms with Gasteiger partial charge in [-0.3, -0.25) is 4.79 Å². The Hall–Kier alpha value is -2.64. The van der Waals surface area contributed by atoms with Gasteiger partial charge in [0, 0.05) is 23.3 Å². The first-order chi connectivity index (χ1) is 14.0. The highest BCUT2D eigenvalue weighted by Crippen LogP contribution is 2.29. The van der Waals surface area contributed by atoms with Gasteiger partial charge in [0.25, 0.3) is 0 Å². The first-order valence-corrected chi connectivity index (χ1v) is 9.46. The number of hydrogen-bond acceptors (Lipinski definition) is 4. The average molecular weight is 424 g/mol. The molecule has 29 heavy (non-hydrogen) atoms. The van der Waals surface area contributed by atoms with Crippen molar-refractivity contribution in [1.82, 2.24) is 0 Å². The van der Waals surface area contributed by atoms with Crippen molar-refractivity contribution in [2.45, 2.75) is 25.6 Å². The molecule has 0 bridgehead atoms. The fourth-order valence-electron chi connectivity index (χ4n) is 2.85. The molecule has 2 aromatic carbocycles. The predicted molar refractivity (Wildman–Crippen MR) is 107 cm³/mol. The van der Waals surface area contributed by atoms with Gasteiger partial charge in [-0.15, -0.1) is 0 Å². The number of para-hydroxylation sites is 1. The number of anilines is 1. The van der Waals surface area contributed by atoms with Crippen molar-refractivity contribution in [3.05, 3.63) is 59.1 Å². The molecule has 1 aliphatic heterocycles. The lowest BCUT2D eigenvalue weighted by Gasteiger charge is -2.15. The zero-order valence-electron chi connectivity index (χ0n) is 15.4. The van der Waals surface area contributed by atoms with E-state index in [1.54, 1.807) is 36.4 Å². The Labute approximate surface area is 172 Å². The van der Waals surface area contributed by atoms with E-state index in [-0.39, 0.29) is 11.9 Å². The summed E-state index contributed by atoms with van der Waals surface area (Å²) in [7, 11) is 0. The van der Waals surface area contributed by atoms with E-state index in [0.717, 1.165) is 19.4 Å². The Morgan fingerprint density at radius 1 is 1.28 bits per heavy atom. The minimum atomic E-state index is -2.95. The molecule has 1 saturated heterocycles. The van der Waals surface area contributed by atoms with Gasteiger partial charge in [0.15, 0.2) is 0 Å². The molecule has 3 rings (SSSR count). The van der Waals surface area contributed by atoms with E-state index in [9.17, 15) is 13.6 Å². The van der Waals surface area contributed by atoms with Crippen LogP contribution in [0.1, 0.15) is 18.4 Å². The topological polar surface area (TPSA) is 56.8 Å². The van der Waals surface area contributed by atoms with E-state index in [1.165, 1.54) is 18.2 Å². The van der Waals surface area contributed by atoms with Gasteiger partial charge in [-0.1, -0.05) is 29.8 Å². The molecule has 5 nitrogen and oxygen atoms in total. The average Bonchev–Trinajstić information content (AvgIpc) is 3.20. The fourth-order valence-corrected chi connectivity index (χ4v) is 3.02. The first kappa shape index (κ1) is 21.1.